The van der Waals surface area contributed by atoms with Crippen LogP contribution in [0.25, 0.3) is 17.0 Å². The summed E-state index contributed by atoms with van der Waals surface area (Å²) in [5.74, 6) is -2.17. The van der Waals surface area contributed by atoms with E-state index in [1.165, 1.54) is 12.1 Å². The zero-order valence-corrected chi connectivity index (χ0v) is 15.4. The van der Waals surface area contributed by atoms with Crippen LogP contribution in [0.4, 0.5) is 23.2 Å². The molecular weight excluding hydrogens is 402 g/mol. The predicted molar refractivity (Wildman–Crippen MR) is 100 cm³/mol. The summed E-state index contributed by atoms with van der Waals surface area (Å²) in [6.45, 7) is 1.77. The number of carbonyl (C=O) groups is 1. The van der Waals surface area contributed by atoms with Crippen molar-refractivity contribution in [2.24, 2.45) is 0 Å². The maximum Gasteiger partial charge on any atom is 0.433 e. The summed E-state index contributed by atoms with van der Waals surface area (Å²) in [6.07, 6.45) is -4.78. The summed E-state index contributed by atoms with van der Waals surface area (Å²) in [4.78, 5) is 20.4. The Kier molecular flexibility index (Phi) is 4.69. The van der Waals surface area contributed by atoms with E-state index in [4.69, 9.17) is 0 Å². The van der Waals surface area contributed by atoms with Crippen LogP contribution in [-0.2, 0) is 6.18 Å². The topological polar surface area (TPSA) is 72.2 Å². The molecule has 0 spiro atoms. The fourth-order valence-corrected chi connectivity index (χ4v) is 2.83. The van der Waals surface area contributed by atoms with Crippen LogP contribution in [0.3, 0.4) is 0 Å². The molecule has 0 atom stereocenters. The Morgan fingerprint density at radius 1 is 1.03 bits per heavy atom. The third-order valence-electron chi connectivity index (χ3n) is 4.34. The molecule has 30 heavy (non-hydrogen) atoms. The fourth-order valence-electron chi connectivity index (χ4n) is 2.83. The number of halogens is 4. The Balaban J connectivity index is 1.80. The number of carbonyl (C=O) groups excluding carboxylic acids is 1. The van der Waals surface area contributed by atoms with Crippen molar-refractivity contribution in [3.05, 3.63) is 77.5 Å². The van der Waals surface area contributed by atoms with E-state index >= 15 is 0 Å². The van der Waals surface area contributed by atoms with Gasteiger partial charge in [-0.25, -0.2) is 9.37 Å². The lowest BCUT2D eigenvalue weighted by atomic mass is 10.1. The molecule has 2 aromatic heterocycles. The Hall–Kier alpha value is -3.82. The molecule has 1 N–H and O–H groups in total. The Labute approximate surface area is 167 Å². The van der Waals surface area contributed by atoms with Gasteiger partial charge in [0, 0.05) is 11.3 Å². The summed E-state index contributed by atoms with van der Waals surface area (Å²) in [7, 11) is 0. The second kappa shape index (κ2) is 7.21. The fraction of sp³-hybridized carbons (Fsp3) is 0.100. The van der Waals surface area contributed by atoms with Gasteiger partial charge in [0.1, 0.15) is 5.82 Å². The van der Waals surface area contributed by atoms with E-state index in [1.54, 1.807) is 31.2 Å². The monoisotopic (exact) mass is 415 g/mol. The summed E-state index contributed by atoms with van der Waals surface area (Å²) in [5, 5.41) is 6.28. The van der Waals surface area contributed by atoms with E-state index in [0.29, 0.717) is 10.2 Å². The molecule has 0 aliphatic carbocycles. The third kappa shape index (κ3) is 3.71. The molecule has 0 radical (unpaired) electrons. The van der Waals surface area contributed by atoms with Crippen LogP contribution in [-0.4, -0.2) is 25.5 Å². The van der Waals surface area contributed by atoms with Crippen LogP contribution in [0.5, 0.6) is 0 Å². The van der Waals surface area contributed by atoms with Crippen molar-refractivity contribution in [1.29, 1.82) is 0 Å². The highest BCUT2D eigenvalue weighted by molar-refractivity contribution is 6.02. The lowest BCUT2D eigenvalue weighted by molar-refractivity contribution is -0.142. The molecule has 0 aliphatic rings. The highest BCUT2D eigenvalue weighted by Gasteiger charge is 2.36. The zero-order chi connectivity index (χ0) is 21.5. The molecule has 4 rings (SSSR count). The van der Waals surface area contributed by atoms with Gasteiger partial charge in [-0.2, -0.15) is 22.7 Å². The maximum atomic E-state index is 13.6. The summed E-state index contributed by atoms with van der Waals surface area (Å²) in [6, 6.07) is 12.5. The summed E-state index contributed by atoms with van der Waals surface area (Å²) >= 11 is 0. The van der Waals surface area contributed by atoms with Crippen molar-refractivity contribution in [2.45, 2.75) is 13.1 Å². The van der Waals surface area contributed by atoms with E-state index in [-0.39, 0.29) is 11.3 Å². The Morgan fingerprint density at radius 2 is 1.73 bits per heavy atom. The first kappa shape index (κ1) is 19.5. The lowest BCUT2D eigenvalue weighted by Crippen LogP contribution is -2.16. The molecule has 0 aliphatic heterocycles. The number of alkyl halides is 3. The van der Waals surface area contributed by atoms with Crippen molar-refractivity contribution in [1.82, 2.24) is 19.6 Å². The van der Waals surface area contributed by atoms with Crippen LogP contribution in [0.2, 0.25) is 0 Å². The zero-order valence-electron chi connectivity index (χ0n) is 15.4. The van der Waals surface area contributed by atoms with Crippen LogP contribution in [0, 0.1) is 12.7 Å². The number of amides is 1. The summed E-state index contributed by atoms with van der Waals surface area (Å²) < 4.78 is 54.5. The molecule has 0 saturated carbocycles. The van der Waals surface area contributed by atoms with Crippen LogP contribution in [0.1, 0.15) is 21.9 Å². The molecule has 4 aromatic rings. The number of anilines is 1. The van der Waals surface area contributed by atoms with Gasteiger partial charge < -0.3 is 5.32 Å². The number of nitrogens with zero attached hydrogens (tertiary/aromatic N) is 4. The van der Waals surface area contributed by atoms with Gasteiger partial charge >= 0.3 is 6.18 Å². The molecule has 1 amide bonds. The first-order valence-corrected chi connectivity index (χ1v) is 8.70. The average molecular weight is 415 g/mol. The number of rotatable bonds is 3. The van der Waals surface area contributed by atoms with Gasteiger partial charge in [0.25, 0.3) is 11.7 Å². The van der Waals surface area contributed by atoms with E-state index in [0.717, 1.165) is 23.8 Å². The molecule has 10 heteroatoms. The van der Waals surface area contributed by atoms with Crippen LogP contribution >= 0.6 is 0 Å². The highest BCUT2D eigenvalue weighted by atomic mass is 19.4. The van der Waals surface area contributed by atoms with Crippen LogP contribution in [0.15, 0.2) is 54.6 Å². The van der Waals surface area contributed by atoms with E-state index < -0.39 is 35.2 Å². The first-order valence-electron chi connectivity index (χ1n) is 8.70. The number of para-hydroxylation sites is 1. The molecule has 2 aromatic carbocycles. The minimum Gasteiger partial charge on any atom is -0.319 e. The molecule has 2 heterocycles. The minimum atomic E-state index is -4.78. The van der Waals surface area contributed by atoms with Crippen molar-refractivity contribution in [3.8, 4) is 11.3 Å². The molecule has 0 saturated heterocycles. The number of hydrogen-bond acceptors (Lipinski definition) is 4. The standard InChI is InChI=1S/C20H13F4N5O/c1-11-4-2-3-5-14(11)25-18(30)17-27-19-26-15(12-6-8-13(21)9-7-12)10-16(20(22,23)24)29(19)28-17/h2-10H,1H3,(H,25,30). The van der Waals surface area contributed by atoms with Gasteiger partial charge in [0.2, 0.25) is 5.82 Å². The van der Waals surface area contributed by atoms with Gasteiger partial charge in [-0.05, 0) is 48.9 Å². The molecule has 0 bridgehead atoms. The van der Waals surface area contributed by atoms with E-state index in [2.05, 4.69) is 20.4 Å². The number of fused-ring (bicyclic) bond motifs is 1. The number of aromatic nitrogens is 4. The molecule has 0 fully saturated rings. The normalized spacial score (nSPS) is 11.6. The van der Waals surface area contributed by atoms with E-state index in [9.17, 15) is 22.4 Å². The minimum absolute atomic E-state index is 0.0758. The SMILES string of the molecule is Cc1ccccc1NC(=O)c1nc2nc(-c3ccc(F)cc3)cc(C(F)(F)F)n2n1. The Morgan fingerprint density at radius 3 is 2.40 bits per heavy atom. The first-order chi connectivity index (χ1) is 14.2. The van der Waals surface area contributed by atoms with Gasteiger partial charge in [0.05, 0.1) is 5.69 Å². The van der Waals surface area contributed by atoms with Crippen LogP contribution < -0.4 is 5.32 Å². The number of nitrogens with one attached hydrogen (secondary N) is 1. The third-order valence-corrected chi connectivity index (χ3v) is 4.34. The molecular formula is C20H13F4N5O. The second-order valence-electron chi connectivity index (χ2n) is 6.45. The predicted octanol–water partition coefficient (Wildman–Crippen LogP) is 4.51. The van der Waals surface area contributed by atoms with Gasteiger partial charge in [0.15, 0.2) is 5.69 Å². The highest BCUT2D eigenvalue weighted by Crippen LogP contribution is 2.32. The maximum absolute atomic E-state index is 13.6. The van der Waals surface area contributed by atoms with Gasteiger partial charge in [-0.1, -0.05) is 18.2 Å². The summed E-state index contributed by atoms with van der Waals surface area (Å²) in [5.41, 5.74) is 0.278. The lowest BCUT2D eigenvalue weighted by Gasteiger charge is -2.10. The molecule has 152 valence electrons. The van der Waals surface area contributed by atoms with E-state index in [1.807, 2.05) is 0 Å². The average Bonchev–Trinajstić information content (AvgIpc) is 3.13. The largest absolute Gasteiger partial charge is 0.433 e. The number of benzene rings is 2. The number of aryl methyl sites for hydroxylation is 1. The van der Waals surface area contributed by atoms with Crippen molar-refractivity contribution in [3.63, 3.8) is 0 Å². The quantitative estimate of drug-likeness (QED) is 0.500. The smallest absolute Gasteiger partial charge is 0.319 e. The Bertz CT molecular complexity index is 1250. The molecule has 0 unspecified atom stereocenters. The van der Waals surface area contributed by atoms with Crippen molar-refractivity contribution < 1.29 is 22.4 Å². The van der Waals surface area contributed by atoms with Crippen molar-refractivity contribution in [2.75, 3.05) is 5.32 Å². The second-order valence-corrected chi connectivity index (χ2v) is 6.45. The molecule has 6 nitrogen and oxygen atoms in total. The van der Waals surface area contributed by atoms with Gasteiger partial charge in [-0.3, -0.25) is 4.79 Å². The number of hydrogen-bond donors (Lipinski definition) is 1. The van der Waals surface area contributed by atoms with Gasteiger partial charge in [-0.15, -0.1) is 5.10 Å². The van der Waals surface area contributed by atoms with Crippen molar-refractivity contribution >= 4 is 17.4 Å².